The molecule has 1 saturated heterocycles. The van der Waals surface area contributed by atoms with Crippen LogP contribution in [0.15, 0.2) is 42.5 Å². The molecule has 1 aliphatic rings. The van der Waals surface area contributed by atoms with E-state index in [0.717, 1.165) is 28.9 Å². The van der Waals surface area contributed by atoms with Gasteiger partial charge < -0.3 is 10.2 Å². The Morgan fingerprint density at radius 3 is 2.76 bits per heavy atom. The molecule has 25 heavy (non-hydrogen) atoms. The lowest BCUT2D eigenvalue weighted by molar-refractivity contribution is -0.122. The van der Waals surface area contributed by atoms with E-state index >= 15 is 0 Å². The zero-order chi connectivity index (χ0) is 18.0. The van der Waals surface area contributed by atoms with Gasteiger partial charge in [-0.25, -0.2) is 0 Å². The van der Waals surface area contributed by atoms with E-state index in [9.17, 15) is 9.59 Å². The van der Waals surface area contributed by atoms with Gasteiger partial charge in [0, 0.05) is 29.4 Å². The van der Waals surface area contributed by atoms with Gasteiger partial charge in [-0.05, 0) is 42.7 Å². The van der Waals surface area contributed by atoms with Crippen LogP contribution >= 0.6 is 11.6 Å². The number of aryl methyl sites for hydroxylation is 2. The summed E-state index contributed by atoms with van der Waals surface area (Å²) in [6.07, 6.45) is 1.06. The number of hydrogen-bond donors (Lipinski definition) is 1. The van der Waals surface area contributed by atoms with Crippen molar-refractivity contribution in [1.82, 2.24) is 0 Å². The normalized spacial score (nSPS) is 17.0. The van der Waals surface area contributed by atoms with Crippen molar-refractivity contribution >= 4 is 34.8 Å². The van der Waals surface area contributed by atoms with Crippen molar-refractivity contribution in [3.8, 4) is 0 Å². The summed E-state index contributed by atoms with van der Waals surface area (Å²) < 4.78 is 0. The lowest BCUT2D eigenvalue weighted by Crippen LogP contribution is -2.28. The molecular formula is C20H21ClN2O2. The highest BCUT2D eigenvalue weighted by atomic mass is 35.5. The first-order chi connectivity index (χ1) is 12.0. The molecule has 1 N–H and O–H groups in total. The second-order valence-electron chi connectivity index (χ2n) is 6.34. The van der Waals surface area contributed by atoms with Crippen LogP contribution in [0, 0.1) is 12.8 Å². The maximum Gasteiger partial charge on any atom is 0.229 e. The van der Waals surface area contributed by atoms with Crippen LogP contribution < -0.4 is 10.2 Å². The lowest BCUT2D eigenvalue weighted by Gasteiger charge is -2.18. The summed E-state index contributed by atoms with van der Waals surface area (Å²) in [5.41, 5.74) is 3.61. The number of nitrogens with zero attached hydrogens (tertiary/aromatic N) is 1. The predicted octanol–water partition coefficient (Wildman–Crippen LogP) is 4.20. The molecule has 1 heterocycles. The maximum absolute atomic E-state index is 12.6. The summed E-state index contributed by atoms with van der Waals surface area (Å²) >= 11 is 6.16. The van der Waals surface area contributed by atoms with Crippen LogP contribution in [0.4, 0.5) is 11.4 Å². The van der Waals surface area contributed by atoms with Crippen molar-refractivity contribution in [3.63, 3.8) is 0 Å². The van der Waals surface area contributed by atoms with Gasteiger partial charge in [0.25, 0.3) is 0 Å². The average molecular weight is 357 g/mol. The van der Waals surface area contributed by atoms with E-state index in [1.165, 1.54) is 0 Å². The molecule has 0 unspecified atom stereocenters. The molecule has 0 radical (unpaired) electrons. The Kier molecular flexibility index (Phi) is 5.09. The number of halogens is 1. The standard InChI is InChI=1S/C20H21ClN2O2/c1-3-14-6-4-5-7-18(14)22-20(25)15-10-19(24)23(12-15)16-9-8-13(2)17(21)11-16/h4-9,11,15H,3,10,12H2,1-2H3,(H,22,25)/t15-/m1/s1. The molecule has 2 aromatic rings. The second kappa shape index (κ2) is 7.28. The van der Waals surface area contributed by atoms with E-state index in [4.69, 9.17) is 11.6 Å². The topological polar surface area (TPSA) is 49.4 Å². The minimum atomic E-state index is -0.363. The fourth-order valence-electron chi connectivity index (χ4n) is 3.07. The highest BCUT2D eigenvalue weighted by Crippen LogP contribution is 2.29. The quantitative estimate of drug-likeness (QED) is 0.892. The average Bonchev–Trinajstić information content (AvgIpc) is 3.00. The van der Waals surface area contributed by atoms with Gasteiger partial charge in [0.05, 0.1) is 5.92 Å². The zero-order valence-corrected chi connectivity index (χ0v) is 15.1. The molecule has 3 rings (SSSR count). The minimum Gasteiger partial charge on any atom is -0.326 e. The smallest absolute Gasteiger partial charge is 0.229 e. The highest BCUT2D eigenvalue weighted by molar-refractivity contribution is 6.31. The Morgan fingerprint density at radius 1 is 1.28 bits per heavy atom. The summed E-state index contributed by atoms with van der Waals surface area (Å²) in [4.78, 5) is 26.6. The zero-order valence-electron chi connectivity index (χ0n) is 14.4. The third-order valence-corrected chi connectivity index (χ3v) is 5.03. The maximum atomic E-state index is 12.6. The van der Waals surface area contributed by atoms with Crippen molar-refractivity contribution in [2.75, 3.05) is 16.8 Å². The van der Waals surface area contributed by atoms with Crippen molar-refractivity contribution in [1.29, 1.82) is 0 Å². The van der Waals surface area contributed by atoms with Gasteiger partial charge >= 0.3 is 0 Å². The molecule has 1 aliphatic heterocycles. The van der Waals surface area contributed by atoms with Crippen LogP contribution in [-0.4, -0.2) is 18.4 Å². The van der Waals surface area contributed by atoms with Crippen LogP contribution in [0.5, 0.6) is 0 Å². The largest absolute Gasteiger partial charge is 0.326 e. The van der Waals surface area contributed by atoms with Crippen LogP contribution in [0.2, 0.25) is 5.02 Å². The molecule has 2 aromatic carbocycles. The fraction of sp³-hybridized carbons (Fsp3) is 0.300. The van der Waals surface area contributed by atoms with Crippen molar-refractivity contribution in [2.45, 2.75) is 26.7 Å². The van der Waals surface area contributed by atoms with E-state index in [1.54, 1.807) is 11.0 Å². The number of para-hydroxylation sites is 1. The molecule has 2 amide bonds. The number of amides is 2. The summed E-state index contributed by atoms with van der Waals surface area (Å²) in [5.74, 6) is -0.531. The molecule has 0 saturated carbocycles. The van der Waals surface area contributed by atoms with E-state index in [1.807, 2.05) is 50.2 Å². The Bertz CT molecular complexity index is 819. The number of rotatable bonds is 4. The molecule has 130 valence electrons. The number of nitrogens with one attached hydrogen (secondary N) is 1. The molecule has 0 aromatic heterocycles. The SMILES string of the molecule is CCc1ccccc1NC(=O)[C@@H]1CC(=O)N(c2ccc(C)c(Cl)c2)C1. The summed E-state index contributed by atoms with van der Waals surface area (Å²) in [6, 6.07) is 13.3. The van der Waals surface area contributed by atoms with Crippen LogP contribution in [0.3, 0.4) is 0 Å². The third-order valence-electron chi connectivity index (χ3n) is 4.62. The van der Waals surface area contributed by atoms with Crippen molar-refractivity contribution < 1.29 is 9.59 Å². The Hall–Kier alpha value is -2.33. The molecule has 5 heteroatoms. The summed E-state index contributed by atoms with van der Waals surface area (Å²) in [5, 5.41) is 3.59. The van der Waals surface area contributed by atoms with Gasteiger partial charge in [0.15, 0.2) is 0 Å². The van der Waals surface area contributed by atoms with Crippen molar-refractivity contribution in [3.05, 3.63) is 58.6 Å². The van der Waals surface area contributed by atoms with Gasteiger partial charge in [-0.3, -0.25) is 9.59 Å². The summed E-state index contributed by atoms with van der Waals surface area (Å²) in [7, 11) is 0. The van der Waals surface area contributed by atoms with Crippen LogP contribution in [-0.2, 0) is 16.0 Å². The number of anilines is 2. The monoisotopic (exact) mass is 356 g/mol. The Morgan fingerprint density at radius 2 is 2.04 bits per heavy atom. The molecule has 0 aliphatic carbocycles. The summed E-state index contributed by atoms with van der Waals surface area (Å²) in [6.45, 7) is 4.34. The predicted molar refractivity (Wildman–Crippen MR) is 101 cm³/mol. The Balaban J connectivity index is 1.73. The second-order valence-corrected chi connectivity index (χ2v) is 6.75. The van der Waals surface area contributed by atoms with E-state index in [2.05, 4.69) is 5.32 Å². The van der Waals surface area contributed by atoms with Gasteiger partial charge in [-0.15, -0.1) is 0 Å². The Labute approximate surface area is 152 Å². The molecular weight excluding hydrogens is 336 g/mol. The van der Waals surface area contributed by atoms with Gasteiger partial charge in [-0.1, -0.05) is 42.8 Å². The molecule has 0 bridgehead atoms. The lowest BCUT2D eigenvalue weighted by atomic mass is 10.1. The number of carbonyl (C=O) groups excluding carboxylic acids is 2. The molecule has 1 fully saturated rings. The van der Waals surface area contributed by atoms with Gasteiger partial charge in [0.2, 0.25) is 11.8 Å². The fourth-order valence-corrected chi connectivity index (χ4v) is 3.24. The number of benzene rings is 2. The highest BCUT2D eigenvalue weighted by Gasteiger charge is 2.35. The first kappa shape index (κ1) is 17.5. The minimum absolute atomic E-state index is 0.0520. The molecule has 0 spiro atoms. The number of carbonyl (C=O) groups is 2. The number of hydrogen-bond acceptors (Lipinski definition) is 2. The molecule has 4 nitrogen and oxygen atoms in total. The van der Waals surface area contributed by atoms with E-state index < -0.39 is 0 Å². The van der Waals surface area contributed by atoms with Crippen molar-refractivity contribution in [2.24, 2.45) is 5.92 Å². The van der Waals surface area contributed by atoms with Gasteiger partial charge in [0.1, 0.15) is 0 Å². The van der Waals surface area contributed by atoms with E-state index in [0.29, 0.717) is 11.6 Å². The first-order valence-corrected chi connectivity index (χ1v) is 8.82. The van der Waals surface area contributed by atoms with Crippen LogP contribution in [0.1, 0.15) is 24.5 Å². The van der Waals surface area contributed by atoms with Gasteiger partial charge in [-0.2, -0.15) is 0 Å². The molecule has 1 atom stereocenters. The third kappa shape index (κ3) is 3.69. The first-order valence-electron chi connectivity index (χ1n) is 8.45. The van der Waals surface area contributed by atoms with Crippen LogP contribution in [0.25, 0.3) is 0 Å². The van der Waals surface area contributed by atoms with E-state index in [-0.39, 0.29) is 24.2 Å².